The molecule has 0 bridgehead atoms. The highest BCUT2D eigenvalue weighted by atomic mass is 127. The highest BCUT2D eigenvalue weighted by Gasteiger charge is 2.36. The Morgan fingerprint density at radius 1 is 1.17 bits per heavy atom. The standard InChI is InChI=1S/C15H21IN2/c16-13-5-4-6-14(11-13)18-10-9-17-15(12-18)7-2-1-3-8-15/h4-6,11,17H,1-3,7-10,12H2. The monoisotopic (exact) mass is 356 g/mol. The molecule has 1 aliphatic carbocycles. The van der Waals surface area contributed by atoms with Crippen LogP contribution >= 0.6 is 22.6 Å². The summed E-state index contributed by atoms with van der Waals surface area (Å²) in [5, 5.41) is 3.81. The highest BCUT2D eigenvalue weighted by molar-refractivity contribution is 14.1. The average molecular weight is 356 g/mol. The van der Waals surface area contributed by atoms with Gasteiger partial charge in [0.05, 0.1) is 0 Å². The minimum Gasteiger partial charge on any atom is -0.368 e. The van der Waals surface area contributed by atoms with Crippen LogP contribution in [-0.2, 0) is 0 Å². The van der Waals surface area contributed by atoms with Crippen LogP contribution in [0.3, 0.4) is 0 Å². The van der Waals surface area contributed by atoms with Crippen molar-refractivity contribution in [2.45, 2.75) is 37.6 Å². The molecule has 0 aromatic heterocycles. The molecule has 1 aromatic carbocycles. The molecule has 98 valence electrons. The average Bonchev–Trinajstić information content (AvgIpc) is 2.40. The molecule has 0 radical (unpaired) electrons. The number of piperazine rings is 1. The lowest BCUT2D eigenvalue weighted by Gasteiger charge is -2.47. The molecule has 3 heteroatoms. The number of halogens is 1. The molecular weight excluding hydrogens is 335 g/mol. The van der Waals surface area contributed by atoms with E-state index in [2.05, 4.69) is 57.1 Å². The second-order valence-corrected chi connectivity index (χ2v) is 6.91. The zero-order valence-electron chi connectivity index (χ0n) is 10.8. The fourth-order valence-corrected chi connectivity index (χ4v) is 3.94. The third kappa shape index (κ3) is 2.67. The van der Waals surface area contributed by atoms with Gasteiger partial charge in [0.25, 0.3) is 0 Å². The first-order chi connectivity index (χ1) is 8.77. The Morgan fingerprint density at radius 2 is 2.00 bits per heavy atom. The van der Waals surface area contributed by atoms with E-state index in [0.717, 1.165) is 13.1 Å². The van der Waals surface area contributed by atoms with Crippen molar-refractivity contribution in [1.29, 1.82) is 0 Å². The predicted octanol–water partition coefficient (Wildman–Crippen LogP) is 3.40. The molecular formula is C15H21IN2. The molecule has 0 atom stereocenters. The Labute approximate surface area is 123 Å². The first-order valence-electron chi connectivity index (χ1n) is 7.03. The van der Waals surface area contributed by atoms with Crippen molar-refractivity contribution < 1.29 is 0 Å². The van der Waals surface area contributed by atoms with Crippen molar-refractivity contribution in [2.75, 3.05) is 24.5 Å². The largest absolute Gasteiger partial charge is 0.368 e. The molecule has 18 heavy (non-hydrogen) atoms. The molecule has 3 rings (SSSR count). The van der Waals surface area contributed by atoms with E-state index >= 15 is 0 Å². The number of benzene rings is 1. The van der Waals surface area contributed by atoms with E-state index in [1.54, 1.807) is 0 Å². The van der Waals surface area contributed by atoms with Crippen molar-refractivity contribution >= 4 is 28.3 Å². The van der Waals surface area contributed by atoms with E-state index in [0.29, 0.717) is 5.54 Å². The van der Waals surface area contributed by atoms with Gasteiger partial charge < -0.3 is 10.2 Å². The lowest BCUT2D eigenvalue weighted by atomic mass is 9.80. The lowest BCUT2D eigenvalue weighted by Crippen LogP contribution is -2.61. The van der Waals surface area contributed by atoms with Gasteiger partial charge in [-0.1, -0.05) is 25.3 Å². The molecule has 1 heterocycles. The van der Waals surface area contributed by atoms with Gasteiger partial charge >= 0.3 is 0 Å². The van der Waals surface area contributed by atoms with Crippen LogP contribution in [0.4, 0.5) is 5.69 Å². The predicted molar refractivity (Wildman–Crippen MR) is 85.2 cm³/mol. The van der Waals surface area contributed by atoms with Crippen molar-refractivity contribution in [3.63, 3.8) is 0 Å². The van der Waals surface area contributed by atoms with Gasteiger partial charge in [-0.15, -0.1) is 0 Å². The Morgan fingerprint density at radius 3 is 2.78 bits per heavy atom. The second kappa shape index (κ2) is 5.37. The van der Waals surface area contributed by atoms with Crippen molar-refractivity contribution in [3.8, 4) is 0 Å². The fraction of sp³-hybridized carbons (Fsp3) is 0.600. The summed E-state index contributed by atoms with van der Waals surface area (Å²) in [5.41, 5.74) is 1.80. The topological polar surface area (TPSA) is 15.3 Å². The first kappa shape index (κ1) is 12.7. The Kier molecular flexibility index (Phi) is 3.80. The maximum Gasteiger partial charge on any atom is 0.0377 e. The minimum absolute atomic E-state index is 0.401. The summed E-state index contributed by atoms with van der Waals surface area (Å²) in [5.74, 6) is 0. The van der Waals surface area contributed by atoms with Gasteiger partial charge in [0.2, 0.25) is 0 Å². The van der Waals surface area contributed by atoms with Crippen LogP contribution in [0.2, 0.25) is 0 Å². The van der Waals surface area contributed by atoms with Gasteiger partial charge in [0.1, 0.15) is 0 Å². The minimum atomic E-state index is 0.401. The number of anilines is 1. The summed E-state index contributed by atoms with van der Waals surface area (Å²) in [7, 11) is 0. The zero-order valence-corrected chi connectivity index (χ0v) is 12.9. The highest BCUT2D eigenvalue weighted by Crippen LogP contribution is 2.32. The molecule has 2 aliphatic rings. The molecule has 1 spiro atoms. The molecule has 1 saturated heterocycles. The van der Waals surface area contributed by atoms with Crippen molar-refractivity contribution in [2.24, 2.45) is 0 Å². The van der Waals surface area contributed by atoms with Gasteiger partial charge in [-0.3, -0.25) is 0 Å². The van der Waals surface area contributed by atoms with Crippen LogP contribution in [0.15, 0.2) is 24.3 Å². The Hall–Kier alpha value is -0.290. The molecule has 0 unspecified atom stereocenters. The summed E-state index contributed by atoms with van der Waals surface area (Å²) < 4.78 is 1.33. The van der Waals surface area contributed by atoms with Gasteiger partial charge in [-0.2, -0.15) is 0 Å². The number of nitrogens with one attached hydrogen (secondary N) is 1. The summed E-state index contributed by atoms with van der Waals surface area (Å²) in [6, 6.07) is 8.90. The fourth-order valence-electron chi connectivity index (χ4n) is 3.41. The van der Waals surface area contributed by atoms with Crippen molar-refractivity contribution in [1.82, 2.24) is 5.32 Å². The van der Waals surface area contributed by atoms with E-state index in [4.69, 9.17) is 0 Å². The maximum atomic E-state index is 3.81. The number of rotatable bonds is 1. The third-order valence-electron chi connectivity index (χ3n) is 4.36. The normalized spacial score (nSPS) is 23.3. The number of nitrogens with zero attached hydrogens (tertiary/aromatic N) is 1. The van der Waals surface area contributed by atoms with E-state index in [1.807, 2.05) is 0 Å². The van der Waals surface area contributed by atoms with Crippen LogP contribution in [-0.4, -0.2) is 25.2 Å². The van der Waals surface area contributed by atoms with Crippen LogP contribution in [0.5, 0.6) is 0 Å². The van der Waals surface area contributed by atoms with E-state index in [9.17, 15) is 0 Å². The zero-order chi connectivity index (χ0) is 12.4. The Bertz CT molecular complexity index is 407. The molecule has 2 fully saturated rings. The number of hydrogen-bond donors (Lipinski definition) is 1. The van der Waals surface area contributed by atoms with Gasteiger partial charge in [-0.05, 0) is 53.6 Å². The first-order valence-corrected chi connectivity index (χ1v) is 8.11. The Balaban J connectivity index is 1.77. The van der Waals surface area contributed by atoms with E-state index < -0.39 is 0 Å². The quantitative estimate of drug-likeness (QED) is 0.776. The SMILES string of the molecule is Ic1cccc(N2CCNC3(CCCCC3)C2)c1. The second-order valence-electron chi connectivity index (χ2n) is 5.67. The lowest BCUT2D eigenvalue weighted by molar-refractivity contribution is 0.216. The molecule has 2 nitrogen and oxygen atoms in total. The van der Waals surface area contributed by atoms with Gasteiger partial charge in [0.15, 0.2) is 0 Å². The third-order valence-corrected chi connectivity index (χ3v) is 5.03. The van der Waals surface area contributed by atoms with Gasteiger partial charge in [0, 0.05) is 34.4 Å². The van der Waals surface area contributed by atoms with Crippen LogP contribution in [0.1, 0.15) is 32.1 Å². The number of hydrogen-bond acceptors (Lipinski definition) is 2. The van der Waals surface area contributed by atoms with Crippen LogP contribution in [0, 0.1) is 3.57 Å². The van der Waals surface area contributed by atoms with Crippen molar-refractivity contribution in [3.05, 3.63) is 27.8 Å². The molecule has 1 N–H and O–H groups in total. The molecule has 1 saturated carbocycles. The molecule has 1 aliphatic heterocycles. The van der Waals surface area contributed by atoms with E-state index in [1.165, 1.54) is 47.9 Å². The van der Waals surface area contributed by atoms with Crippen LogP contribution in [0.25, 0.3) is 0 Å². The smallest absolute Gasteiger partial charge is 0.0377 e. The summed E-state index contributed by atoms with van der Waals surface area (Å²) in [6.07, 6.45) is 6.92. The maximum absolute atomic E-state index is 3.81. The summed E-state index contributed by atoms with van der Waals surface area (Å²) >= 11 is 2.41. The summed E-state index contributed by atoms with van der Waals surface area (Å²) in [6.45, 7) is 3.46. The molecule has 1 aromatic rings. The van der Waals surface area contributed by atoms with E-state index in [-0.39, 0.29) is 0 Å². The summed E-state index contributed by atoms with van der Waals surface area (Å²) in [4.78, 5) is 2.57. The van der Waals surface area contributed by atoms with Crippen LogP contribution < -0.4 is 10.2 Å². The molecule has 0 amide bonds. The van der Waals surface area contributed by atoms with Gasteiger partial charge in [-0.25, -0.2) is 0 Å².